The van der Waals surface area contributed by atoms with E-state index in [1.165, 1.54) is 11.3 Å². The van der Waals surface area contributed by atoms with Crippen LogP contribution in [-0.2, 0) is 16.1 Å². The van der Waals surface area contributed by atoms with Gasteiger partial charge >= 0.3 is 0 Å². The van der Waals surface area contributed by atoms with E-state index in [2.05, 4.69) is 4.99 Å². The Morgan fingerprint density at radius 1 is 0.969 bits per heavy atom. The molecule has 8 heteroatoms. The van der Waals surface area contributed by atoms with Crippen molar-refractivity contribution in [2.24, 2.45) is 4.99 Å². The van der Waals surface area contributed by atoms with Gasteiger partial charge in [-0.3, -0.25) is 19.3 Å². The molecule has 0 aliphatic carbocycles. The van der Waals surface area contributed by atoms with E-state index in [9.17, 15) is 14.4 Å². The second-order valence-corrected chi connectivity index (χ2v) is 8.39. The number of ether oxygens (including phenoxy) is 1. The summed E-state index contributed by atoms with van der Waals surface area (Å²) < 4.78 is 8.20. The van der Waals surface area contributed by atoms with E-state index in [0.717, 1.165) is 25.9 Å². The summed E-state index contributed by atoms with van der Waals surface area (Å²) in [5, 5.41) is 2.18. The first-order chi connectivity index (χ1) is 15.6. The smallest absolute Gasteiger partial charge is 0.268 e. The molecule has 0 fully saturated rings. The molecule has 1 aromatic heterocycles. The number of benzene rings is 3. The molecular formula is C24H19N3O4S. The normalized spacial score (nSPS) is 14.0. The summed E-state index contributed by atoms with van der Waals surface area (Å²) in [5.74, 6) is -1.49. The molecule has 0 unspecified atom stereocenters. The number of hydrogen-bond donors (Lipinski definition) is 0. The van der Waals surface area contributed by atoms with Crippen LogP contribution in [0.4, 0.5) is 0 Å². The Bertz CT molecular complexity index is 1430. The van der Waals surface area contributed by atoms with Crippen molar-refractivity contribution >= 4 is 50.0 Å². The molecule has 0 atom stereocenters. The highest BCUT2D eigenvalue weighted by Gasteiger charge is 2.36. The molecule has 0 saturated heterocycles. The lowest BCUT2D eigenvalue weighted by Crippen LogP contribution is -2.35. The second-order valence-electron chi connectivity index (χ2n) is 7.41. The number of amides is 3. The predicted molar refractivity (Wildman–Crippen MR) is 122 cm³/mol. The van der Waals surface area contributed by atoms with Gasteiger partial charge in [0.05, 0.1) is 28.0 Å². The number of hydrogen-bond acceptors (Lipinski definition) is 5. The van der Waals surface area contributed by atoms with E-state index >= 15 is 0 Å². The molecule has 0 radical (unpaired) electrons. The van der Waals surface area contributed by atoms with Gasteiger partial charge < -0.3 is 9.30 Å². The summed E-state index contributed by atoms with van der Waals surface area (Å²) in [6, 6.07) is 18.7. The summed E-state index contributed by atoms with van der Waals surface area (Å²) in [5.41, 5.74) is 1.58. The average Bonchev–Trinajstić information content (AvgIpc) is 3.28. The number of aromatic nitrogens is 1. The molecule has 5 rings (SSSR count). The molecule has 3 aromatic carbocycles. The van der Waals surface area contributed by atoms with E-state index in [0.29, 0.717) is 29.1 Å². The van der Waals surface area contributed by atoms with Crippen molar-refractivity contribution < 1.29 is 19.1 Å². The number of methoxy groups -OCH3 is 1. The maximum Gasteiger partial charge on any atom is 0.268 e. The Kier molecular flexibility index (Phi) is 5.16. The highest BCUT2D eigenvalue weighted by molar-refractivity contribution is 7.17. The summed E-state index contributed by atoms with van der Waals surface area (Å²) in [6.07, 6.45) is 0. The third kappa shape index (κ3) is 3.34. The monoisotopic (exact) mass is 445 g/mol. The zero-order chi connectivity index (χ0) is 22.2. The molecule has 0 N–H and O–H groups in total. The number of fused-ring (bicyclic) bond motifs is 4. The SMILES string of the molecule is COCCn1c(=NC(=O)CN2C(=O)c3ccccc3C2=O)sc2c3ccccc3ccc21. The van der Waals surface area contributed by atoms with Crippen LogP contribution < -0.4 is 4.80 Å². The van der Waals surface area contributed by atoms with Crippen LogP contribution in [-0.4, -0.2) is 47.4 Å². The molecule has 160 valence electrons. The maximum absolute atomic E-state index is 12.8. The highest BCUT2D eigenvalue weighted by atomic mass is 32.1. The number of carbonyl (C=O) groups is 3. The topological polar surface area (TPSA) is 81.0 Å². The Balaban J connectivity index is 1.54. The summed E-state index contributed by atoms with van der Waals surface area (Å²) >= 11 is 1.41. The van der Waals surface area contributed by atoms with E-state index in [4.69, 9.17) is 4.74 Å². The van der Waals surface area contributed by atoms with Gasteiger partial charge in [-0.1, -0.05) is 53.8 Å². The number of carbonyl (C=O) groups excluding carboxylic acids is 3. The highest BCUT2D eigenvalue weighted by Crippen LogP contribution is 2.28. The molecule has 1 aliphatic rings. The third-order valence-corrected chi connectivity index (χ3v) is 6.61. The van der Waals surface area contributed by atoms with Crippen molar-refractivity contribution in [3.8, 4) is 0 Å². The summed E-state index contributed by atoms with van der Waals surface area (Å²) in [7, 11) is 1.62. The van der Waals surface area contributed by atoms with Crippen LogP contribution in [0.5, 0.6) is 0 Å². The summed E-state index contributed by atoms with van der Waals surface area (Å²) in [6.45, 7) is 0.581. The van der Waals surface area contributed by atoms with Gasteiger partial charge in [0.1, 0.15) is 6.54 Å². The Hall–Kier alpha value is -3.62. The van der Waals surface area contributed by atoms with Gasteiger partial charge in [0.15, 0.2) is 4.80 Å². The molecule has 7 nitrogen and oxygen atoms in total. The van der Waals surface area contributed by atoms with Crippen molar-refractivity contribution in [1.29, 1.82) is 0 Å². The summed E-state index contributed by atoms with van der Waals surface area (Å²) in [4.78, 5) is 43.8. The van der Waals surface area contributed by atoms with Crippen molar-refractivity contribution in [3.63, 3.8) is 0 Å². The molecule has 2 heterocycles. The number of rotatable bonds is 5. The lowest BCUT2D eigenvalue weighted by atomic mass is 10.1. The molecule has 1 aliphatic heterocycles. The van der Waals surface area contributed by atoms with Crippen molar-refractivity contribution in [2.75, 3.05) is 20.3 Å². The van der Waals surface area contributed by atoms with Crippen molar-refractivity contribution in [1.82, 2.24) is 9.47 Å². The Labute approximate surface area is 187 Å². The van der Waals surface area contributed by atoms with Crippen molar-refractivity contribution in [2.45, 2.75) is 6.54 Å². The molecule has 3 amide bonds. The maximum atomic E-state index is 12.8. The Morgan fingerprint density at radius 3 is 2.38 bits per heavy atom. The van der Waals surface area contributed by atoms with E-state index in [-0.39, 0.29) is 0 Å². The number of imide groups is 1. The fourth-order valence-electron chi connectivity index (χ4n) is 3.94. The van der Waals surface area contributed by atoms with E-state index in [1.54, 1.807) is 31.4 Å². The molecule has 0 saturated carbocycles. The first-order valence-corrected chi connectivity index (χ1v) is 10.9. The lowest BCUT2D eigenvalue weighted by molar-refractivity contribution is -0.118. The van der Waals surface area contributed by atoms with Gasteiger partial charge in [-0.25, -0.2) is 0 Å². The van der Waals surface area contributed by atoms with Gasteiger partial charge in [0, 0.05) is 19.0 Å². The molecular weight excluding hydrogens is 426 g/mol. The van der Waals surface area contributed by atoms with Gasteiger partial charge in [-0.2, -0.15) is 4.99 Å². The largest absolute Gasteiger partial charge is 0.383 e. The zero-order valence-corrected chi connectivity index (χ0v) is 18.1. The van der Waals surface area contributed by atoms with Crippen molar-refractivity contribution in [3.05, 3.63) is 76.6 Å². The van der Waals surface area contributed by atoms with Gasteiger partial charge in [0.25, 0.3) is 17.7 Å². The van der Waals surface area contributed by atoms with E-state index < -0.39 is 24.3 Å². The molecule has 32 heavy (non-hydrogen) atoms. The standard InChI is InChI=1S/C24H19N3O4S/c1-31-13-12-26-19-11-10-15-6-2-3-7-16(15)21(19)32-24(26)25-20(28)14-27-22(29)17-8-4-5-9-18(17)23(27)30/h2-11H,12-14H2,1H3. The second kappa shape index (κ2) is 8.14. The van der Waals surface area contributed by atoms with Crippen LogP contribution >= 0.6 is 11.3 Å². The van der Waals surface area contributed by atoms with Crippen LogP contribution in [0.15, 0.2) is 65.7 Å². The first kappa shape index (κ1) is 20.3. The molecule has 0 spiro atoms. The lowest BCUT2D eigenvalue weighted by Gasteiger charge is -2.10. The Morgan fingerprint density at radius 2 is 1.66 bits per heavy atom. The van der Waals surface area contributed by atoms with Crippen LogP contribution in [0.1, 0.15) is 20.7 Å². The molecule has 4 aromatic rings. The quantitative estimate of drug-likeness (QED) is 0.442. The van der Waals surface area contributed by atoms with Gasteiger partial charge in [0.2, 0.25) is 0 Å². The van der Waals surface area contributed by atoms with Crippen LogP contribution in [0.2, 0.25) is 0 Å². The first-order valence-electron chi connectivity index (χ1n) is 10.1. The minimum Gasteiger partial charge on any atom is -0.383 e. The minimum atomic E-state index is -0.554. The fraction of sp³-hybridized carbons (Fsp3) is 0.167. The molecule has 0 bridgehead atoms. The fourth-order valence-corrected chi connectivity index (χ4v) is 5.15. The minimum absolute atomic E-state index is 0.314. The van der Waals surface area contributed by atoms with E-state index in [1.807, 2.05) is 41.0 Å². The van der Waals surface area contributed by atoms with Gasteiger partial charge in [-0.05, 0) is 23.6 Å². The van der Waals surface area contributed by atoms with Crippen LogP contribution in [0, 0.1) is 0 Å². The van der Waals surface area contributed by atoms with Crippen LogP contribution in [0.3, 0.4) is 0 Å². The zero-order valence-electron chi connectivity index (χ0n) is 17.3. The average molecular weight is 446 g/mol. The van der Waals surface area contributed by atoms with Crippen LogP contribution in [0.25, 0.3) is 21.0 Å². The number of thiazole rings is 1. The van der Waals surface area contributed by atoms with Gasteiger partial charge in [-0.15, -0.1) is 0 Å². The predicted octanol–water partition coefficient (Wildman–Crippen LogP) is 3.23. The number of nitrogens with zero attached hydrogens (tertiary/aromatic N) is 3. The third-order valence-electron chi connectivity index (χ3n) is 5.48.